The van der Waals surface area contributed by atoms with E-state index < -0.39 is 6.10 Å². The lowest BCUT2D eigenvalue weighted by atomic mass is 9.78. The van der Waals surface area contributed by atoms with Crippen molar-refractivity contribution in [2.75, 3.05) is 13.1 Å². The van der Waals surface area contributed by atoms with E-state index in [9.17, 15) is 10.2 Å². The van der Waals surface area contributed by atoms with E-state index in [1.54, 1.807) is 12.1 Å². The van der Waals surface area contributed by atoms with Crippen LogP contribution >= 0.6 is 11.6 Å². The van der Waals surface area contributed by atoms with Crippen LogP contribution in [0.4, 0.5) is 0 Å². The van der Waals surface area contributed by atoms with E-state index in [4.69, 9.17) is 16.3 Å². The first-order valence-corrected chi connectivity index (χ1v) is 9.41. The minimum Gasteiger partial charge on any atom is -0.506 e. The number of pyridine rings is 1. The fraction of sp³-hybridized carbons (Fsp3) is 0.450. The van der Waals surface area contributed by atoms with Gasteiger partial charge in [0.15, 0.2) is 0 Å². The van der Waals surface area contributed by atoms with Crippen molar-refractivity contribution in [2.45, 2.75) is 31.6 Å². The molecule has 2 N–H and O–H groups in total. The van der Waals surface area contributed by atoms with E-state index in [1.807, 2.05) is 24.3 Å². The molecule has 1 aromatic heterocycles. The highest BCUT2D eigenvalue weighted by Crippen LogP contribution is 2.38. The van der Waals surface area contributed by atoms with Gasteiger partial charge in [-0.2, -0.15) is 0 Å². The van der Waals surface area contributed by atoms with E-state index in [1.165, 1.54) is 6.20 Å². The van der Waals surface area contributed by atoms with Crippen molar-refractivity contribution >= 4 is 11.6 Å². The molecule has 138 valence electrons. The second-order valence-electron chi connectivity index (χ2n) is 7.37. The number of aliphatic hydroxyl groups excluding tert-OH is 1. The molecular formula is C20H23ClN2O3. The zero-order valence-electron chi connectivity index (χ0n) is 14.5. The summed E-state index contributed by atoms with van der Waals surface area (Å²) in [5.41, 5.74) is 0.953. The summed E-state index contributed by atoms with van der Waals surface area (Å²) in [5, 5.41) is 20.5. The Kier molecular flexibility index (Phi) is 5.02. The number of fused-ring (bicyclic) bond motifs is 1. The number of aromatic nitrogens is 1. The molecule has 2 fully saturated rings. The van der Waals surface area contributed by atoms with Gasteiger partial charge in [0.2, 0.25) is 0 Å². The van der Waals surface area contributed by atoms with Crippen molar-refractivity contribution in [3.05, 3.63) is 53.3 Å². The summed E-state index contributed by atoms with van der Waals surface area (Å²) in [7, 11) is 0. The number of aromatic hydroxyl groups is 1. The van der Waals surface area contributed by atoms with Gasteiger partial charge in [0.05, 0.1) is 18.0 Å². The molecule has 0 amide bonds. The minimum absolute atomic E-state index is 0.188. The number of rotatable bonds is 4. The molecule has 0 unspecified atom stereocenters. The number of ether oxygens (including phenoxy) is 1. The summed E-state index contributed by atoms with van der Waals surface area (Å²) in [6, 6.07) is 10.9. The molecule has 2 aromatic rings. The first-order chi connectivity index (χ1) is 12.6. The Morgan fingerprint density at radius 3 is 2.69 bits per heavy atom. The Labute approximate surface area is 158 Å². The van der Waals surface area contributed by atoms with Crippen LogP contribution in [-0.4, -0.2) is 45.4 Å². The molecule has 4 rings (SSSR count). The summed E-state index contributed by atoms with van der Waals surface area (Å²) in [5.74, 6) is 1.90. The molecule has 1 saturated heterocycles. The average Bonchev–Trinajstić information content (AvgIpc) is 2.98. The van der Waals surface area contributed by atoms with Crippen LogP contribution in [0, 0.1) is 11.8 Å². The van der Waals surface area contributed by atoms with Gasteiger partial charge in [0, 0.05) is 24.7 Å². The number of nitrogens with zero attached hydrogens (tertiary/aromatic N) is 2. The maximum atomic E-state index is 10.5. The highest BCUT2D eigenvalue weighted by molar-refractivity contribution is 6.30. The number of hydrogen-bond donors (Lipinski definition) is 2. The molecule has 6 heteroatoms. The van der Waals surface area contributed by atoms with Crippen LogP contribution in [0.1, 0.15) is 18.5 Å². The standard InChI is InChI=1S/C20H23ClN2O3/c21-15-2-1-3-18(8-15)26-20-7-14-11-23(10-13(14)6-19(20)25)12-16-4-5-17(24)9-22-16/h1-5,8-9,13-14,19-20,24-25H,6-7,10-12H2/t13-,14+,19+,20+/m0/s1. The highest BCUT2D eigenvalue weighted by Gasteiger charge is 2.42. The van der Waals surface area contributed by atoms with E-state index in [2.05, 4.69) is 9.88 Å². The van der Waals surface area contributed by atoms with Crippen molar-refractivity contribution in [3.63, 3.8) is 0 Å². The van der Waals surface area contributed by atoms with Gasteiger partial charge < -0.3 is 14.9 Å². The fourth-order valence-corrected chi connectivity index (χ4v) is 4.38. The quantitative estimate of drug-likeness (QED) is 0.860. The Morgan fingerprint density at radius 2 is 1.96 bits per heavy atom. The maximum absolute atomic E-state index is 10.5. The van der Waals surface area contributed by atoms with Crippen molar-refractivity contribution in [1.82, 2.24) is 9.88 Å². The van der Waals surface area contributed by atoms with Crippen molar-refractivity contribution in [1.29, 1.82) is 0 Å². The SMILES string of the molecule is Oc1ccc(CN2C[C@H]3C[C@@H](Oc4cccc(Cl)c4)[C@H](O)C[C@H]3C2)nc1. The molecule has 1 saturated carbocycles. The molecule has 0 radical (unpaired) electrons. The predicted molar refractivity (Wildman–Crippen MR) is 99.3 cm³/mol. The molecule has 1 aromatic carbocycles. The molecule has 2 heterocycles. The maximum Gasteiger partial charge on any atom is 0.133 e. The van der Waals surface area contributed by atoms with Gasteiger partial charge in [0.25, 0.3) is 0 Å². The van der Waals surface area contributed by atoms with Crippen molar-refractivity contribution in [2.24, 2.45) is 11.8 Å². The summed E-state index contributed by atoms with van der Waals surface area (Å²) < 4.78 is 6.03. The zero-order valence-corrected chi connectivity index (χ0v) is 15.2. The minimum atomic E-state index is -0.457. The highest BCUT2D eigenvalue weighted by atomic mass is 35.5. The van der Waals surface area contributed by atoms with Gasteiger partial charge in [-0.05, 0) is 55.0 Å². The number of halogens is 1. The monoisotopic (exact) mass is 374 g/mol. The predicted octanol–water partition coefficient (Wildman–Crippen LogP) is 3.09. The molecule has 0 spiro atoms. The van der Waals surface area contributed by atoms with Crippen LogP contribution in [0.5, 0.6) is 11.5 Å². The molecule has 4 atom stereocenters. The molecule has 26 heavy (non-hydrogen) atoms. The van der Waals surface area contributed by atoms with Gasteiger partial charge in [0.1, 0.15) is 17.6 Å². The van der Waals surface area contributed by atoms with Crippen LogP contribution < -0.4 is 4.74 Å². The smallest absolute Gasteiger partial charge is 0.133 e. The largest absolute Gasteiger partial charge is 0.506 e. The van der Waals surface area contributed by atoms with Crippen molar-refractivity contribution < 1.29 is 14.9 Å². The molecule has 0 bridgehead atoms. The fourth-order valence-electron chi connectivity index (χ4n) is 4.20. The van der Waals surface area contributed by atoms with E-state index in [-0.39, 0.29) is 11.9 Å². The van der Waals surface area contributed by atoms with Crippen LogP contribution in [0.2, 0.25) is 5.02 Å². The lowest BCUT2D eigenvalue weighted by Crippen LogP contribution is -2.42. The third kappa shape index (κ3) is 3.95. The first-order valence-electron chi connectivity index (χ1n) is 9.03. The Balaban J connectivity index is 1.37. The third-order valence-corrected chi connectivity index (χ3v) is 5.67. The van der Waals surface area contributed by atoms with E-state index in [0.717, 1.165) is 38.2 Å². The lowest BCUT2D eigenvalue weighted by molar-refractivity contribution is -0.0231. The first kappa shape index (κ1) is 17.6. The lowest BCUT2D eigenvalue weighted by Gasteiger charge is -2.35. The number of hydrogen-bond acceptors (Lipinski definition) is 5. The number of likely N-dealkylation sites (tertiary alicyclic amines) is 1. The van der Waals surface area contributed by atoms with E-state index in [0.29, 0.717) is 22.6 Å². The second kappa shape index (κ2) is 7.43. The van der Waals surface area contributed by atoms with Gasteiger partial charge in [-0.15, -0.1) is 0 Å². The van der Waals surface area contributed by atoms with Gasteiger partial charge in [-0.3, -0.25) is 9.88 Å². The van der Waals surface area contributed by atoms with Gasteiger partial charge in [-0.1, -0.05) is 17.7 Å². The molecular weight excluding hydrogens is 352 g/mol. The number of benzene rings is 1. The summed E-state index contributed by atoms with van der Waals surface area (Å²) in [4.78, 5) is 6.65. The molecule has 5 nitrogen and oxygen atoms in total. The van der Waals surface area contributed by atoms with Crippen LogP contribution in [0.3, 0.4) is 0 Å². The zero-order chi connectivity index (χ0) is 18.1. The normalized spacial score (nSPS) is 28.7. The summed E-state index contributed by atoms with van der Waals surface area (Å²) in [6.45, 7) is 2.71. The Morgan fingerprint density at radius 1 is 1.15 bits per heavy atom. The van der Waals surface area contributed by atoms with E-state index >= 15 is 0 Å². The van der Waals surface area contributed by atoms with Crippen LogP contribution in [-0.2, 0) is 6.54 Å². The summed E-state index contributed by atoms with van der Waals surface area (Å²) >= 11 is 6.02. The summed E-state index contributed by atoms with van der Waals surface area (Å²) in [6.07, 6.45) is 2.44. The van der Waals surface area contributed by atoms with Crippen LogP contribution in [0.25, 0.3) is 0 Å². The van der Waals surface area contributed by atoms with Crippen LogP contribution in [0.15, 0.2) is 42.6 Å². The molecule has 1 aliphatic carbocycles. The van der Waals surface area contributed by atoms with Crippen molar-refractivity contribution in [3.8, 4) is 11.5 Å². The topological polar surface area (TPSA) is 65.8 Å². The molecule has 2 aliphatic rings. The Hall–Kier alpha value is -1.82. The second-order valence-corrected chi connectivity index (χ2v) is 7.81. The van der Waals surface area contributed by atoms with Gasteiger partial charge in [-0.25, -0.2) is 0 Å². The third-order valence-electron chi connectivity index (χ3n) is 5.44. The molecule has 1 aliphatic heterocycles. The Bertz CT molecular complexity index is 755. The number of aliphatic hydroxyl groups is 1. The van der Waals surface area contributed by atoms with Gasteiger partial charge >= 0.3 is 0 Å². The average molecular weight is 375 g/mol.